The van der Waals surface area contributed by atoms with Gasteiger partial charge in [-0.2, -0.15) is 0 Å². The van der Waals surface area contributed by atoms with Crippen molar-refractivity contribution in [1.82, 2.24) is 0 Å². The Morgan fingerprint density at radius 2 is 2.12 bits per heavy atom. The molecule has 94 valence electrons. The first kappa shape index (κ1) is 13.5. The summed E-state index contributed by atoms with van der Waals surface area (Å²) in [6.45, 7) is 7.20. The first-order valence-corrected chi connectivity index (χ1v) is 6.04. The predicted molar refractivity (Wildman–Crippen MR) is 61.9 cm³/mol. The molecule has 0 saturated heterocycles. The van der Waals surface area contributed by atoms with Gasteiger partial charge < -0.3 is 15.2 Å². The van der Waals surface area contributed by atoms with Gasteiger partial charge >= 0.3 is 5.97 Å². The van der Waals surface area contributed by atoms with Gasteiger partial charge in [0, 0.05) is 6.61 Å². The van der Waals surface area contributed by atoms with Crippen molar-refractivity contribution in [1.29, 1.82) is 0 Å². The molecule has 1 atom stereocenters. The summed E-state index contributed by atoms with van der Waals surface area (Å²) < 4.78 is 10.5. The number of carbonyl (C=O) groups excluding carboxylic acids is 1. The summed E-state index contributed by atoms with van der Waals surface area (Å²) in [5.41, 5.74) is 5.19. The molecule has 1 fully saturated rings. The van der Waals surface area contributed by atoms with E-state index < -0.39 is 5.54 Å². The van der Waals surface area contributed by atoms with Crippen molar-refractivity contribution in [2.24, 2.45) is 17.6 Å². The standard InChI is InChI=1S/C12H23NO3/c1-4-16-11(14)12(13,10-5-6-10)8-15-7-9(2)3/h9-10H,4-8,13H2,1-3H3. The average molecular weight is 229 g/mol. The van der Waals surface area contributed by atoms with Crippen LogP contribution in [0.15, 0.2) is 0 Å². The molecule has 1 aliphatic rings. The smallest absolute Gasteiger partial charge is 0.328 e. The van der Waals surface area contributed by atoms with Crippen LogP contribution in [0.3, 0.4) is 0 Å². The summed E-state index contributed by atoms with van der Waals surface area (Å²) in [6.07, 6.45) is 2.00. The van der Waals surface area contributed by atoms with Gasteiger partial charge in [0.2, 0.25) is 0 Å². The van der Waals surface area contributed by atoms with Crippen LogP contribution < -0.4 is 5.73 Å². The monoisotopic (exact) mass is 229 g/mol. The van der Waals surface area contributed by atoms with Crippen molar-refractivity contribution in [3.63, 3.8) is 0 Å². The third-order valence-corrected chi connectivity index (χ3v) is 2.75. The first-order valence-electron chi connectivity index (χ1n) is 6.04. The van der Waals surface area contributed by atoms with Gasteiger partial charge in [-0.3, -0.25) is 0 Å². The highest BCUT2D eigenvalue weighted by molar-refractivity contribution is 5.81. The van der Waals surface area contributed by atoms with E-state index in [-0.39, 0.29) is 18.5 Å². The lowest BCUT2D eigenvalue weighted by Crippen LogP contribution is -2.55. The van der Waals surface area contributed by atoms with Gasteiger partial charge in [0.05, 0.1) is 13.2 Å². The molecular weight excluding hydrogens is 206 g/mol. The molecule has 0 aromatic heterocycles. The molecule has 0 spiro atoms. The Morgan fingerprint density at radius 3 is 2.56 bits per heavy atom. The van der Waals surface area contributed by atoms with Crippen LogP contribution in [0.25, 0.3) is 0 Å². The molecule has 0 aromatic rings. The minimum atomic E-state index is -0.926. The lowest BCUT2D eigenvalue weighted by Gasteiger charge is -2.27. The second-order valence-corrected chi connectivity index (χ2v) is 4.94. The molecule has 1 unspecified atom stereocenters. The molecule has 1 saturated carbocycles. The number of carbonyl (C=O) groups is 1. The zero-order chi connectivity index (χ0) is 12.2. The second kappa shape index (κ2) is 5.64. The van der Waals surface area contributed by atoms with Crippen LogP contribution in [0.2, 0.25) is 0 Å². The maximum Gasteiger partial charge on any atom is 0.328 e. The summed E-state index contributed by atoms with van der Waals surface area (Å²) in [5.74, 6) is 0.366. The van der Waals surface area contributed by atoms with Gasteiger partial charge in [-0.15, -0.1) is 0 Å². The minimum absolute atomic E-state index is 0.235. The van der Waals surface area contributed by atoms with Crippen LogP contribution >= 0.6 is 0 Å². The molecule has 1 rings (SSSR count). The van der Waals surface area contributed by atoms with Crippen LogP contribution in [0.1, 0.15) is 33.6 Å². The summed E-state index contributed by atoms with van der Waals surface area (Å²) in [5, 5.41) is 0. The molecule has 0 aromatic carbocycles. The number of rotatable bonds is 7. The number of ether oxygens (including phenoxy) is 2. The Labute approximate surface area is 97.5 Å². The molecule has 4 heteroatoms. The van der Waals surface area contributed by atoms with E-state index in [0.29, 0.717) is 19.1 Å². The second-order valence-electron chi connectivity index (χ2n) is 4.94. The molecule has 2 N–H and O–H groups in total. The zero-order valence-electron chi connectivity index (χ0n) is 10.5. The number of hydrogen-bond donors (Lipinski definition) is 1. The SMILES string of the molecule is CCOC(=O)C(N)(COCC(C)C)C1CC1. The third-order valence-electron chi connectivity index (χ3n) is 2.75. The molecule has 0 radical (unpaired) electrons. The van der Waals surface area contributed by atoms with Gasteiger partial charge in [-0.05, 0) is 31.6 Å². The van der Waals surface area contributed by atoms with Gasteiger partial charge in [-0.25, -0.2) is 4.79 Å². The molecule has 1 aliphatic carbocycles. The van der Waals surface area contributed by atoms with Crippen molar-refractivity contribution in [3.05, 3.63) is 0 Å². The minimum Gasteiger partial charge on any atom is -0.465 e. The fraction of sp³-hybridized carbons (Fsp3) is 0.917. The van der Waals surface area contributed by atoms with E-state index in [0.717, 1.165) is 12.8 Å². The van der Waals surface area contributed by atoms with Gasteiger partial charge in [0.25, 0.3) is 0 Å². The summed E-state index contributed by atoms with van der Waals surface area (Å²) in [6, 6.07) is 0. The lowest BCUT2D eigenvalue weighted by atomic mass is 9.96. The van der Waals surface area contributed by atoms with Crippen LogP contribution in [0.4, 0.5) is 0 Å². The Bertz CT molecular complexity index is 238. The molecular formula is C12H23NO3. The number of hydrogen-bond acceptors (Lipinski definition) is 4. The Morgan fingerprint density at radius 1 is 1.50 bits per heavy atom. The molecule has 0 bridgehead atoms. The average Bonchev–Trinajstić information content (AvgIpc) is 3.00. The van der Waals surface area contributed by atoms with E-state index in [1.165, 1.54) is 0 Å². The van der Waals surface area contributed by atoms with Gasteiger partial charge in [0.1, 0.15) is 5.54 Å². The number of esters is 1. The fourth-order valence-electron chi connectivity index (χ4n) is 1.67. The van der Waals surface area contributed by atoms with E-state index in [9.17, 15) is 4.79 Å². The maximum atomic E-state index is 11.8. The predicted octanol–water partition coefficient (Wildman–Crippen LogP) is 1.33. The lowest BCUT2D eigenvalue weighted by molar-refractivity contribution is -0.153. The highest BCUT2D eigenvalue weighted by Gasteiger charge is 2.49. The normalized spacial score (nSPS) is 19.6. The van der Waals surface area contributed by atoms with Crippen molar-refractivity contribution >= 4 is 5.97 Å². The summed E-state index contributed by atoms with van der Waals surface area (Å²) in [7, 11) is 0. The molecule has 0 amide bonds. The van der Waals surface area contributed by atoms with E-state index in [1.54, 1.807) is 6.92 Å². The Kier molecular flexibility index (Phi) is 4.74. The molecule has 0 aliphatic heterocycles. The quantitative estimate of drug-likeness (QED) is 0.669. The molecule has 16 heavy (non-hydrogen) atoms. The van der Waals surface area contributed by atoms with Crippen LogP contribution in [0.5, 0.6) is 0 Å². The van der Waals surface area contributed by atoms with Crippen molar-refractivity contribution in [2.75, 3.05) is 19.8 Å². The van der Waals surface area contributed by atoms with E-state index in [2.05, 4.69) is 13.8 Å². The highest BCUT2D eigenvalue weighted by atomic mass is 16.5. The Balaban J connectivity index is 2.48. The molecule has 0 heterocycles. The van der Waals surface area contributed by atoms with Crippen molar-refractivity contribution in [2.45, 2.75) is 39.2 Å². The fourth-order valence-corrected chi connectivity index (χ4v) is 1.67. The van der Waals surface area contributed by atoms with Crippen molar-refractivity contribution < 1.29 is 14.3 Å². The van der Waals surface area contributed by atoms with Crippen LogP contribution in [-0.2, 0) is 14.3 Å². The van der Waals surface area contributed by atoms with E-state index >= 15 is 0 Å². The van der Waals surface area contributed by atoms with E-state index in [4.69, 9.17) is 15.2 Å². The Hall–Kier alpha value is -0.610. The summed E-state index contributed by atoms with van der Waals surface area (Å²) >= 11 is 0. The first-order chi connectivity index (χ1) is 7.50. The van der Waals surface area contributed by atoms with Crippen molar-refractivity contribution in [3.8, 4) is 0 Å². The van der Waals surface area contributed by atoms with Gasteiger partial charge in [0.15, 0.2) is 0 Å². The topological polar surface area (TPSA) is 61.5 Å². The largest absolute Gasteiger partial charge is 0.465 e. The van der Waals surface area contributed by atoms with Crippen LogP contribution in [0, 0.1) is 11.8 Å². The third kappa shape index (κ3) is 3.46. The van der Waals surface area contributed by atoms with E-state index in [1.807, 2.05) is 0 Å². The highest BCUT2D eigenvalue weighted by Crippen LogP contribution is 2.39. The molecule has 4 nitrogen and oxygen atoms in total. The zero-order valence-corrected chi connectivity index (χ0v) is 10.5. The maximum absolute atomic E-state index is 11.8. The van der Waals surface area contributed by atoms with Crippen LogP contribution in [-0.4, -0.2) is 31.3 Å². The summed E-state index contributed by atoms with van der Waals surface area (Å²) in [4.78, 5) is 11.8. The number of nitrogens with two attached hydrogens (primary N) is 1. The van der Waals surface area contributed by atoms with Gasteiger partial charge in [-0.1, -0.05) is 13.8 Å².